The molecule has 1 heterocycles. The Kier molecular flexibility index (Phi) is 4.35. The third kappa shape index (κ3) is 4.12. The molecule has 1 aliphatic heterocycles. The molecule has 0 radical (unpaired) electrons. The number of halogens is 2. The highest BCUT2D eigenvalue weighted by Gasteiger charge is 2.25. The number of piperidine rings is 1. The Bertz CT molecular complexity index is 296. The monoisotopic (exact) mass is 293 g/mol. The van der Waals surface area contributed by atoms with E-state index in [0.717, 1.165) is 5.57 Å². The van der Waals surface area contributed by atoms with Crippen LogP contribution < -0.4 is 0 Å². The molecular formula is C11H17BrFNO2. The van der Waals surface area contributed by atoms with Crippen LogP contribution in [0.15, 0.2) is 10.3 Å². The maximum atomic E-state index is 12.8. The highest BCUT2D eigenvalue weighted by Crippen LogP contribution is 2.25. The van der Waals surface area contributed by atoms with Crippen molar-refractivity contribution in [1.82, 2.24) is 4.90 Å². The van der Waals surface area contributed by atoms with E-state index in [1.165, 1.54) is 0 Å². The fraction of sp³-hybridized carbons (Fsp3) is 0.727. The highest BCUT2D eigenvalue weighted by molar-refractivity contribution is 9.11. The summed E-state index contributed by atoms with van der Waals surface area (Å²) in [6.45, 7) is 6.53. The molecule has 92 valence electrons. The molecule has 1 rings (SSSR count). The second-order valence-corrected chi connectivity index (χ2v) is 5.53. The average Bonchev–Trinajstić information content (AvgIpc) is 2.15. The quantitative estimate of drug-likeness (QED) is 0.683. The Balaban J connectivity index is 2.49. The Morgan fingerprint density at radius 2 is 1.88 bits per heavy atom. The summed E-state index contributed by atoms with van der Waals surface area (Å²) in [5.74, 6) is 0. The number of ether oxygens (including phenoxy) is 1. The lowest BCUT2D eigenvalue weighted by atomic mass is 10.1. The molecule has 0 unspecified atom stereocenters. The van der Waals surface area contributed by atoms with Gasteiger partial charge in [0.1, 0.15) is 5.60 Å². The third-order valence-corrected chi connectivity index (χ3v) is 2.85. The largest absolute Gasteiger partial charge is 0.444 e. The van der Waals surface area contributed by atoms with E-state index in [2.05, 4.69) is 15.9 Å². The summed E-state index contributed by atoms with van der Waals surface area (Å²) in [6, 6.07) is 0. The molecule has 0 N–H and O–H groups in total. The van der Waals surface area contributed by atoms with Gasteiger partial charge >= 0.3 is 6.09 Å². The van der Waals surface area contributed by atoms with Crippen LogP contribution in [0.5, 0.6) is 0 Å². The van der Waals surface area contributed by atoms with Crippen LogP contribution in [0.25, 0.3) is 0 Å². The maximum Gasteiger partial charge on any atom is 0.410 e. The summed E-state index contributed by atoms with van der Waals surface area (Å²) in [7, 11) is 0. The van der Waals surface area contributed by atoms with Gasteiger partial charge in [-0.2, -0.15) is 4.39 Å². The van der Waals surface area contributed by atoms with Gasteiger partial charge in [-0.05, 0) is 55.1 Å². The van der Waals surface area contributed by atoms with E-state index in [9.17, 15) is 9.18 Å². The van der Waals surface area contributed by atoms with Gasteiger partial charge in [-0.1, -0.05) is 0 Å². The number of hydrogen-bond acceptors (Lipinski definition) is 2. The lowest BCUT2D eigenvalue weighted by Gasteiger charge is -2.30. The van der Waals surface area contributed by atoms with E-state index in [1.807, 2.05) is 20.8 Å². The fourth-order valence-corrected chi connectivity index (χ4v) is 1.87. The molecule has 16 heavy (non-hydrogen) atoms. The second kappa shape index (κ2) is 5.17. The fourth-order valence-electron chi connectivity index (χ4n) is 1.47. The van der Waals surface area contributed by atoms with Crippen molar-refractivity contribution in [1.29, 1.82) is 0 Å². The minimum Gasteiger partial charge on any atom is -0.444 e. The summed E-state index contributed by atoms with van der Waals surface area (Å²) in [6.07, 6.45) is 0.814. The zero-order valence-corrected chi connectivity index (χ0v) is 11.4. The highest BCUT2D eigenvalue weighted by atomic mass is 79.9. The van der Waals surface area contributed by atoms with Crippen LogP contribution in [0.3, 0.4) is 0 Å². The van der Waals surface area contributed by atoms with E-state index >= 15 is 0 Å². The topological polar surface area (TPSA) is 29.5 Å². The molecule has 1 saturated heterocycles. The average molecular weight is 294 g/mol. The van der Waals surface area contributed by atoms with Crippen molar-refractivity contribution in [2.24, 2.45) is 0 Å². The molecule has 0 aromatic rings. The third-order valence-electron chi connectivity index (χ3n) is 2.29. The summed E-state index contributed by atoms with van der Waals surface area (Å²) < 4.78 is 17.8. The van der Waals surface area contributed by atoms with Gasteiger partial charge < -0.3 is 9.64 Å². The zero-order valence-electron chi connectivity index (χ0n) is 9.85. The standard InChI is InChI=1S/C11H17BrFNO2/c1-11(2,3)16-10(15)14-6-4-8(5-7-14)9(12)13/h4-7H2,1-3H3. The zero-order chi connectivity index (χ0) is 12.3. The van der Waals surface area contributed by atoms with Crippen molar-refractivity contribution in [3.8, 4) is 0 Å². The molecule has 0 spiro atoms. The number of carbonyl (C=O) groups is 1. The minimum atomic E-state index is -0.478. The molecule has 1 fully saturated rings. The van der Waals surface area contributed by atoms with Gasteiger partial charge in [-0.3, -0.25) is 0 Å². The molecule has 0 atom stereocenters. The van der Waals surface area contributed by atoms with Crippen LogP contribution in [0.4, 0.5) is 9.18 Å². The molecule has 1 aliphatic rings. The van der Waals surface area contributed by atoms with E-state index in [0.29, 0.717) is 25.9 Å². The maximum absolute atomic E-state index is 12.8. The van der Waals surface area contributed by atoms with Crippen molar-refractivity contribution in [2.75, 3.05) is 13.1 Å². The van der Waals surface area contributed by atoms with Gasteiger partial charge in [0.2, 0.25) is 0 Å². The predicted molar refractivity (Wildman–Crippen MR) is 64.1 cm³/mol. The normalized spacial score (nSPS) is 17.3. The van der Waals surface area contributed by atoms with Gasteiger partial charge in [0.05, 0.1) is 0 Å². The number of rotatable bonds is 0. The molecule has 0 aliphatic carbocycles. The summed E-state index contributed by atoms with van der Waals surface area (Å²) in [4.78, 5) is 13.3. The number of nitrogens with zero attached hydrogens (tertiary/aromatic N) is 1. The second-order valence-electron chi connectivity index (χ2n) is 4.83. The molecule has 3 nitrogen and oxygen atoms in total. The first-order valence-corrected chi connectivity index (χ1v) is 6.10. The summed E-state index contributed by atoms with van der Waals surface area (Å²) >= 11 is 2.82. The first-order chi connectivity index (χ1) is 7.29. The number of amides is 1. The summed E-state index contributed by atoms with van der Waals surface area (Å²) in [5, 5.41) is 0. The predicted octanol–water partition coefficient (Wildman–Crippen LogP) is 3.59. The Labute approximate surface area is 104 Å². The Morgan fingerprint density at radius 1 is 1.38 bits per heavy atom. The Hall–Kier alpha value is -0.580. The van der Waals surface area contributed by atoms with Crippen LogP contribution in [0, 0.1) is 0 Å². The smallest absolute Gasteiger partial charge is 0.410 e. The minimum absolute atomic E-state index is 0.295. The molecule has 0 aromatic heterocycles. The first-order valence-electron chi connectivity index (χ1n) is 5.30. The van der Waals surface area contributed by atoms with E-state index in [1.54, 1.807) is 4.90 Å². The molecule has 0 saturated carbocycles. The van der Waals surface area contributed by atoms with Gasteiger partial charge in [0.15, 0.2) is 4.74 Å². The molecule has 1 amide bonds. The lowest BCUT2D eigenvalue weighted by molar-refractivity contribution is 0.0235. The van der Waals surface area contributed by atoms with E-state index in [4.69, 9.17) is 4.74 Å². The van der Waals surface area contributed by atoms with Crippen LogP contribution in [-0.2, 0) is 4.74 Å². The van der Waals surface area contributed by atoms with Crippen LogP contribution in [0.2, 0.25) is 0 Å². The Morgan fingerprint density at radius 3 is 2.25 bits per heavy atom. The first kappa shape index (κ1) is 13.5. The van der Waals surface area contributed by atoms with Gasteiger partial charge in [-0.25, -0.2) is 4.79 Å². The van der Waals surface area contributed by atoms with Gasteiger partial charge in [-0.15, -0.1) is 0 Å². The van der Waals surface area contributed by atoms with Crippen LogP contribution in [0.1, 0.15) is 33.6 Å². The van der Waals surface area contributed by atoms with E-state index in [-0.39, 0.29) is 10.8 Å². The van der Waals surface area contributed by atoms with Crippen molar-refractivity contribution in [2.45, 2.75) is 39.2 Å². The van der Waals surface area contributed by atoms with Crippen LogP contribution in [-0.4, -0.2) is 29.7 Å². The van der Waals surface area contributed by atoms with Crippen molar-refractivity contribution in [3.05, 3.63) is 10.3 Å². The van der Waals surface area contributed by atoms with Crippen molar-refractivity contribution in [3.63, 3.8) is 0 Å². The van der Waals surface area contributed by atoms with E-state index < -0.39 is 5.60 Å². The number of carbonyl (C=O) groups excluding carboxylic acids is 1. The van der Waals surface area contributed by atoms with Crippen LogP contribution >= 0.6 is 15.9 Å². The molecular weight excluding hydrogens is 277 g/mol. The molecule has 0 aromatic carbocycles. The molecule has 0 bridgehead atoms. The van der Waals surface area contributed by atoms with Crippen molar-refractivity contribution < 1.29 is 13.9 Å². The van der Waals surface area contributed by atoms with Crippen molar-refractivity contribution >= 4 is 22.0 Å². The lowest BCUT2D eigenvalue weighted by Crippen LogP contribution is -2.40. The molecule has 5 heteroatoms. The number of hydrogen-bond donors (Lipinski definition) is 0. The van der Waals surface area contributed by atoms with Gasteiger partial charge in [0.25, 0.3) is 0 Å². The van der Waals surface area contributed by atoms with Gasteiger partial charge in [0, 0.05) is 13.1 Å². The summed E-state index contributed by atoms with van der Waals surface area (Å²) in [5.41, 5.74) is 0.258. The SMILES string of the molecule is CC(C)(C)OC(=O)N1CCC(=C(F)Br)CC1. The number of likely N-dealkylation sites (tertiary alicyclic amines) is 1.